The van der Waals surface area contributed by atoms with Gasteiger partial charge in [-0.05, 0) is 47.9 Å². The van der Waals surface area contributed by atoms with E-state index in [1.807, 2.05) is 41.4 Å². The van der Waals surface area contributed by atoms with E-state index in [1.165, 1.54) is 12.1 Å². The fraction of sp³-hybridized carbons (Fsp3) is 0.269. The summed E-state index contributed by atoms with van der Waals surface area (Å²) < 4.78 is 11.1. The van der Waals surface area contributed by atoms with Crippen molar-refractivity contribution in [2.75, 3.05) is 13.7 Å². The van der Waals surface area contributed by atoms with Gasteiger partial charge in [0.2, 0.25) is 5.91 Å². The molecule has 0 saturated carbocycles. The number of nitro groups is 1. The lowest BCUT2D eigenvalue weighted by molar-refractivity contribution is -0.384. The monoisotopic (exact) mass is 487 g/mol. The second-order valence-corrected chi connectivity index (χ2v) is 9.14. The van der Waals surface area contributed by atoms with Gasteiger partial charge in [0.25, 0.3) is 5.69 Å². The number of carbonyl (C=O) groups excluding carboxylic acids is 1. The lowest BCUT2D eigenvalue weighted by Crippen LogP contribution is -2.42. The van der Waals surface area contributed by atoms with E-state index >= 15 is 0 Å². The second-order valence-electron chi connectivity index (χ2n) is 9.14. The van der Waals surface area contributed by atoms with Crippen LogP contribution in [0.1, 0.15) is 29.0 Å². The Labute approximate surface area is 206 Å². The number of nitrogens with zero attached hydrogens (tertiary/aromatic N) is 2. The molecule has 36 heavy (non-hydrogen) atoms. The van der Waals surface area contributed by atoms with Crippen LogP contribution < -0.4 is 15.6 Å². The predicted molar refractivity (Wildman–Crippen MR) is 131 cm³/mol. The summed E-state index contributed by atoms with van der Waals surface area (Å²) in [6.45, 7) is 0.490. The maximum Gasteiger partial charge on any atom is 0.269 e. The number of nitro benzene ring substituents is 1. The van der Waals surface area contributed by atoms with Gasteiger partial charge in [-0.3, -0.25) is 14.9 Å². The number of rotatable bonds is 7. The average molecular weight is 488 g/mol. The van der Waals surface area contributed by atoms with Gasteiger partial charge in [-0.1, -0.05) is 12.1 Å². The van der Waals surface area contributed by atoms with Gasteiger partial charge >= 0.3 is 0 Å². The van der Waals surface area contributed by atoms with Crippen molar-refractivity contribution in [3.8, 4) is 5.75 Å². The van der Waals surface area contributed by atoms with Crippen molar-refractivity contribution in [1.29, 1.82) is 0 Å². The Bertz CT molecular complexity index is 1410. The van der Waals surface area contributed by atoms with Crippen LogP contribution >= 0.6 is 0 Å². The summed E-state index contributed by atoms with van der Waals surface area (Å²) in [7, 11) is 1.64. The Hall–Kier alpha value is -4.15. The normalized spacial score (nSPS) is 23.4. The number of aromatic nitrogens is 1. The van der Waals surface area contributed by atoms with E-state index < -0.39 is 11.0 Å². The first kappa shape index (κ1) is 22.3. The fourth-order valence-electron chi connectivity index (χ4n) is 5.58. The first-order valence-electron chi connectivity index (χ1n) is 11.8. The van der Waals surface area contributed by atoms with Crippen LogP contribution in [0.25, 0.3) is 10.9 Å². The van der Waals surface area contributed by atoms with Crippen molar-refractivity contribution in [1.82, 2.24) is 20.7 Å². The maximum atomic E-state index is 13.6. The zero-order chi connectivity index (χ0) is 24.8. The van der Waals surface area contributed by atoms with Crippen molar-refractivity contribution in [3.63, 3.8) is 0 Å². The topological polar surface area (TPSA) is 126 Å². The molecule has 4 unspecified atom stereocenters. The van der Waals surface area contributed by atoms with E-state index in [0.29, 0.717) is 13.0 Å². The van der Waals surface area contributed by atoms with Gasteiger partial charge < -0.3 is 19.0 Å². The molecule has 1 amide bonds. The highest BCUT2D eigenvalue weighted by Gasteiger charge is 2.56. The second kappa shape index (κ2) is 8.81. The quantitative estimate of drug-likeness (QED) is 0.268. The Morgan fingerprint density at radius 1 is 1.11 bits per heavy atom. The molecule has 3 N–H and O–H groups in total. The number of nitrogens with one attached hydrogen (secondary N) is 3. The number of H-pyrrole nitrogens is 1. The molecule has 184 valence electrons. The third-order valence-electron chi connectivity index (χ3n) is 7.31. The summed E-state index contributed by atoms with van der Waals surface area (Å²) in [4.78, 5) is 29.6. The number of aromatic amines is 1. The number of likely N-dealkylation sites (tertiary alicyclic amines) is 1. The third kappa shape index (κ3) is 3.62. The molecule has 2 aliphatic heterocycles. The van der Waals surface area contributed by atoms with Crippen molar-refractivity contribution >= 4 is 22.5 Å². The number of ether oxygens (including phenoxy) is 1. The number of non-ortho nitro benzene ring substituents is 1. The average Bonchev–Trinajstić information content (AvgIpc) is 3.68. The highest BCUT2D eigenvalue weighted by atomic mass is 16.6. The first-order valence-corrected chi connectivity index (χ1v) is 11.8. The van der Waals surface area contributed by atoms with E-state index in [2.05, 4.69) is 15.8 Å². The number of hydrogen-bond acceptors (Lipinski definition) is 7. The predicted octanol–water partition coefficient (Wildman–Crippen LogP) is 3.64. The number of carbonyl (C=O) groups is 1. The van der Waals surface area contributed by atoms with Gasteiger partial charge in [-0.15, -0.1) is 0 Å². The lowest BCUT2D eigenvalue weighted by atomic mass is 9.85. The number of fused-ring (bicyclic) bond motifs is 2. The van der Waals surface area contributed by atoms with Gasteiger partial charge in [-0.2, -0.15) is 0 Å². The summed E-state index contributed by atoms with van der Waals surface area (Å²) in [5.74, 6) is 1.34. The van der Waals surface area contributed by atoms with Crippen molar-refractivity contribution in [2.45, 2.75) is 24.5 Å². The van der Waals surface area contributed by atoms with Crippen LogP contribution in [-0.4, -0.2) is 40.4 Å². The zero-order valence-electron chi connectivity index (χ0n) is 19.5. The molecule has 0 bridgehead atoms. The van der Waals surface area contributed by atoms with Crippen LogP contribution in [0, 0.1) is 16.0 Å². The first-order chi connectivity index (χ1) is 17.5. The third-order valence-corrected chi connectivity index (χ3v) is 7.31. The fourth-order valence-corrected chi connectivity index (χ4v) is 5.58. The minimum absolute atomic E-state index is 0.0117. The highest BCUT2D eigenvalue weighted by molar-refractivity contribution is 5.87. The molecule has 2 aliphatic rings. The Morgan fingerprint density at radius 2 is 1.92 bits per heavy atom. The van der Waals surface area contributed by atoms with Gasteiger partial charge in [0, 0.05) is 41.7 Å². The number of benzene rings is 2. The van der Waals surface area contributed by atoms with Crippen molar-refractivity contribution < 1.29 is 18.9 Å². The van der Waals surface area contributed by atoms with Crippen molar-refractivity contribution in [2.24, 2.45) is 5.92 Å². The Balaban J connectivity index is 1.34. The molecule has 6 rings (SSSR count). The minimum atomic E-state index is -0.441. The number of hydrogen-bond donors (Lipinski definition) is 3. The molecule has 4 aromatic rings. The van der Waals surface area contributed by atoms with E-state index in [4.69, 9.17) is 9.15 Å². The number of amides is 1. The maximum absolute atomic E-state index is 13.6. The Morgan fingerprint density at radius 3 is 2.64 bits per heavy atom. The standard InChI is InChI=1S/C26H25N5O5/c1-35-18-8-9-20-19(13-18)16(14-27-20)10-11-30-25(15-4-6-17(7-5-15)31(33)34)22-23(21-3-2-12-36-21)28-29-24(22)26(30)32/h2-9,12-14,22-25,27-29H,10-11H2,1H3. The van der Waals surface area contributed by atoms with Crippen LogP contribution in [0.5, 0.6) is 5.75 Å². The highest BCUT2D eigenvalue weighted by Crippen LogP contribution is 2.47. The number of furan rings is 1. The molecule has 4 heterocycles. The molecule has 2 saturated heterocycles. The molecule has 0 radical (unpaired) electrons. The van der Waals surface area contributed by atoms with Crippen LogP contribution in [-0.2, 0) is 11.2 Å². The van der Waals surface area contributed by atoms with E-state index in [1.54, 1.807) is 25.5 Å². The smallest absolute Gasteiger partial charge is 0.269 e. The van der Waals surface area contributed by atoms with Gasteiger partial charge in [-0.25, -0.2) is 10.9 Å². The molecule has 0 aliphatic carbocycles. The lowest BCUT2D eigenvalue weighted by Gasteiger charge is -2.30. The van der Waals surface area contributed by atoms with Crippen LogP contribution in [0.15, 0.2) is 71.5 Å². The molecular formula is C26H25N5O5. The van der Waals surface area contributed by atoms with Gasteiger partial charge in [0.1, 0.15) is 17.6 Å². The number of methoxy groups -OCH3 is 1. The summed E-state index contributed by atoms with van der Waals surface area (Å²) in [6.07, 6.45) is 4.23. The van der Waals surface area contributed by atoms with Gasteiger partial charge in [0.05, 0.1) is 30.4 Å². The zero-order valence-corrected chi connectivity index (χ0v) is 19.5. The van der Waals surface area contributed by atoms with Crippen molar-refractivity contribution in [3.05, 3.63) is 94.1 Å². The molecule has 2 aromatic heterocycles. The van der Waals surface area contributed by atoms with E-state index in [-0.39, 0.29) is 29.6 Å². The molecule has 10 nitrogen and oxygen atoms in total. The molecule has 4 atom stereocenters. The molecule has 10 heteroatoms. The van der Waals surface area contributed by atoms with Crippen LogP contribution in [0.4, 0.5) is 5.69 Å². The van der Waals surface area contributed by atoms with Crippen LogP contribution in [0.3, 0.4) is 0 Å². The molecular weight excluding hydrogens is 462 g/mol. The molecule has 2 fully saturated rings. The summed E-state index contributed by atoms with van der Waals surface area (Å²) in [6, 6.07) is 15.1. The van der Waals surface area contributed by atoms with Crippen LogP contribution in [0.2, 0.25) is 0 Å². The largest absolute Gasteiger partial charge is 0.497 e. The number of hydrazine groups is 1. The summed E-state index contributed by atoms with van der Waals surface area (Å²) in [5.41, 5.74) is 9.36. The summed E-state index contributed by atoms with van der Waals surface area (Å²) >= 11 is 0. The SMILES string of the molecule is COc1ccc2[nH]cc(CCN3C(=O)C4NNC(c5ccco5)C4C3c3ccc([N+](=O)[O-])cc3)c2c1. The van der Waals surface area contributed by atoms with E-state index in [0.717, 1.165) is 33.5 Å². The summed E-state index contributed by atoms with van der Waals surface area (Å²) in [5, 5.41) is 12.3. The minimum Gasteiger partial charge on any atom is -0.497 e. The Kier molecular flexibility index (Phi) is 5.46. The van der Waals surface area contributed by atoms with Gasteiger partial charge in [0.15, 0.2) is 0 Å². The molecule has 0 spiro atoms. The molecule has 2 aromatic carbocycles. The van der Waals surface area contributed by atoms with E-state index in [9.17, 15) is 14.9 Å².